The molecule has 90 valence electrons. The molecule has 0 amide bonds. The summed E-state index contributed by atoms with van der Waals surface area (Å²) in [5.74, 6) is 0. The van der Waals surface area contributed by atoms with Crippen molar-refractivity contribution in [1.82, 2.24) is 10.2 Å². The Bertz CT molecular complexity index is 159. The van der Waals surface area contributed by atoms with Gasteiger partial charge in [0.15, 0.2) is 6.29 Å². The van der Waals surface area contributed by atoms with Crippen LogP contribution in [-0.4, -0.2) is 71.3 Å². The van der Waals surface area contributed by atoms with Gasteiger partial charge in [-0.3, -0.25) is 4.90 Å². The molecule has 0 spiro atoms. The van der Waals surface area contributed by atoms with E-state index in [1.54, 1.807) is 14.2 Å². The number of rotatable bonds is 6. The Labute approximate surface area is 91.7 Å². The molecule has 15 heavy (non-hydrogen) atoms. The lowest BCUT2D eigenvalue weighted by Gasteiger charge is -2.29. The maximum absolute atomic E-state index is 5.61. The smallest absolute Gasteiger partial charge is 0.169 e. The number of likely N-dealkylation sites (N-methyl/N-ethyl adjacent to an activating group) is 1. The average molecular weight is 218 g/mol. The number of nitrogens with one attached hydrogen (secondary N) is 1. The molecule has 1 rings (SSSR count). The second kappa shape index (κ2) is 7.14. The zero-order valence-electron chi connectivity index (χ0n) is 9.86. The van der Waals surface area contributed by atoms with Crippen LogP contribution in [0.2, 0.25) is 0 Å². The largest absolute Gasteiger partial charge is 0.374 e. The Morgan fingerprint density at radius 1 is 1.47 bits per heavy atom. The quantitative estimate of drug-likeness (QED) is 0.610. The SMILES string of the molecule is COC(CN(C)CC1CNCCO1)OC. The first-order chi connectivity index (χ1) is 7.26. The van der Waals surface area contributed by atoms with E-state index in [2.05, 4.69) is 10.2 Å². The van der Waals surface area contributed by atoms with E-state index < -0.39 is 0 Å². The van der Waals surface area contributed by atoms with Crippen LogP contribution in [0, 0.1) is 0 Å². The van der Waals surface area contributed by atoms with E-state index in [-0.39, 0.29) is 12.4 Å². The molecule has 0 saturated carbocycles. The van der Waals surface area contributed by atoms with Crippen molar-refractivity contribution in [2.75, 3.05) is 54.1 Å². The molecule has 0 aliphatic carbocycles. The molecular weight excluding hydrogens is 196 g/mol. The second-order valence-corrected chi connectivity index (χ2v) is 3.82. The Morgan fingerprint density at radius 3 is 2.73 bits per heavy atom. The van der Waals surface area contributed by atoms with Crippen molar-refractivity contribution < 1.29 is 14.2 Å². The lowest BCUT2D eigenvalue weighted by molar-refractivity contribution is -0.117. The maximum atomic E-state index is 5.61. The zero-order valence-corrected chi connectivity index (χ0v) is 9.86. The fraction of sp³-hybridized carbons (Fsp3) is 1.00. The predicted molar refractivity (Wildman–Crippen MR) is 57.9 cm³/mol. The number of ether oxygens (including phenoxy) is 3. The molecule has 1 aliphatic heterocycles. The highest BCUT2D eigenvalue weighted by Crippen LogP contribution is 2.01. The van der Waals surface area contributed by atoms with Gasteiger partial charge in [-0.25, -0.2) is 0 Å². The molecule has 0 radical (unpaired) electrons. The van der Waals surface area contributed by atoms with Gasteiger partial charge in [-0.2, -0.15) is 0 Å². The van der Waals surface area contributed by atoms with E-state index >= 15 is 0 Å². The lowest BCUT2D eigenvalue weighted by Crippen LogP contribution is -2.46. The molecule has 1 N–H and O–H groups in total. The molecule has 1 heterocycles. The van der Waals surface area contributed by atoms with Crippen LogP contribution < -0.4 is 5.32 Å². The van der Waals surface area contributed by atoms with Crippen molar-refractivity contribution in [2.45, 2.75) is 12.4 Å². The van der Waals surface area contributed by atoms with Gasteiger partial charge in [0.2, 0.25) is 0 Å². The minimum atomic E-state index is -0.161. The van der Waals surface area contributed by atoms with Crippen LogP contribution in [0.25, 0.3) is 0 Å². The van der Waals surface area contributed by atoms with Gasteiger partial charge in [-0.1, -0.05) is 0 Å². The van der Waals surface area contributed by atoms with Crippen molar-refractivity contribution >= 4 is 0 Å². The molecule has 1 aliphatic rings. The van der Waals surface area contributed by atoms with E-state index in [1.807, 2.05) is 7.05 Å². The summed E-state index contributed by atoms with van der Waals surface area (Å²) >= 11 is 0. The molecule has 0 bridgehead atoms. The first kappa shape index (κ1) is 12.9. The number of nitrogens with zero attached hydrogens (tertiary/aromatic N) is 1. The standard InChI is InChI=1S/C10H22N2O3/c1-12(8-10(13-2)14-3)7-9-6-11-4-5-15-9/h9-11H,4-8H2,1-3H3. The van der Waals surface area contributed by atoms with Crippen molar-refractivity contribution in [2.24, 2.45) is 0 Å². The van der Waals surface area contributed by atoms with Crippen molar-refractivity contribution in [1.29, 1.82) is 0 Å². The Kier molecular flexibility index (Phi) is 6.12. The topological polar surface area (TPSA) is 43.0 Å². The predicted octanol–water partition coefficient (Wildman–Crippen LogP) is -0.474. The average Bonchev–Trinajstić information content (AvgIpc) is 2.27. The molecule has 0 aromatic carbocycles. The third-order valence-electron chi connectivity index (χ3n) is 2.51. The van der Waals surface area contributed by atoms with Crippen LogP contribution in [0.4, 0.5) is 0 Å². The van der Waals surface area contributed by atoms with Crippen LogP contribution in [0.1, 0.15) is 0 Å². The van der Waals surface area contributed by atoms with Gasteiger partial charge in [0.05, 0.1) is 12.7 Å². The first-order valence-corrected chi connectivity index (χ1v) is 5.32. The Balaban J connectivity index is 2.18. The minimum Gasteiger partial charge on any atom is -0.374 e. The summed E-state index contributed by atoms with van der Waals surface area (Å²) in [6.07, 6.45) is 0.115. The molecule has 1 saturated heterocycles. The third-order valence-corrected chi connectivity index (χ3v) is 2.51. The summed E-state index contributed by atoms with van der Waals surface area (Å²) in [7, 11) is 5.35. The molecule has 5 nitrogen and oxygen atoms in total. The number of methoxy groups -OCH3 is 2. The minimum absolute atomic E-state index is 0.161. The van der Waals surface area contributed by atoms with Gasteiger partial charge < -0.3 is 19.5 Å². The summed E-state index contributed by atoms with van der Waals surface area (Å²) in [6, 6.07) is 0. The van der Waals surface area contributed by atoms with Crippen LogP contribution in [0.15, 0.2) is 0 Å². The monoisotopic (exact) mass is 218 g/mol. The van der Waals surface area contributed by atoms with Gasteiger partial charge in [-0.05, 0) is 7.05 Å². The van der Waals surface area contributed by atoms with Crippen LogP contribution in [0.3, 0.4) is 0 Å². The van der Waals surface area contributed by atoms with E-state index in [4.69, 9.17) is 14.2 Å². The summed E-state index contributed by atoms with van der Waals surface area (Å²) in [5, 5.41) is 3.31. The van der Waals surface area contributed by atoms with Gasteiger partial charge >= 0.3 is 0 Å². The summed E-state index contributed by atoms with van der Waals surface area (Å²) in [5.41, 5.74) is 0. The fourth-order valence-corrected chi connectivity index (χ4v) is 1.66. The van der Waals surface area contributed by atoms with Crippen molar-refractivity contribution in [3.05, 3.63) is 0 Å². The zero-order chi connectivity index (χ0) is 11.1. The maximum Gasteiger partial charge on any atom is 0.169 e. The normalized spacial score (nSPS) is 22.6. The molecule has 0 aromatic heterocycles. The number of hydrogen-bond acceptors (Lipinski definition) is 5. The van der Waals surface area contributed by atoms with Gasteiger partial charge in [0, 0.05) is 40.4 Å². The van der Waals surface area contributed by atoms with Crippen LogP contribution in [-0.2, 0) is 14.2 Å². The molecule has 0 aromatic rings. The highest BCUT2D eigenvalue weighted by Gasteiger charge is 2.17. The lowest BCUT2D eigenvalue weighted by atomic mass is 10.3. The van der Waals surface area contributed by atoms with E-state index in [0.717, 1.165) is 32.8 Å². The Hall–Kier alpha value is -0.200. The molecule has 1 atom stereocenters. The second-order valence-electron chi connectivity index (χ2n) is 3.82. The summed E-state index contributed by atoms with van der Waals surface area (Å²) < 4.78 is 15.9. The highest BCUT2D eigenvalue weighted by atomic mass is 16.7. The molecule has 1 unspecified atom stereocenters. The van der Waals surface area contributed by atoms with E-state index in [1.165, 1.54) is 0 Å². The number of morpholine rings is 1. The van der Waals surface area contributed by atoms with Gasteiger partial charge in [0.25, 0.3) is 0 Å². The third kappa shape index (κ3) is 4.90. The van der Waals surface area contributed by atoms with E-state index in [0.29, 0.717) is 0 Å². The van der Waals surface area contributed by atoms with Gasteiger partial charge in [-0.15, -0.1) is 0 Å². The van der Waals surface area contributed by atoms with Gasteiger partial charge in [0.1, 0.15) is 0 Å². The first-order valence-electron chi connectivity index (χ1n) is 5.32. The van der Waals surface area contributed by atoms with Crippen molar-refractivity contribution in [3.8, 4) is 0 Å². The van der Waals surface area contributed by atoms with E-state index in [9.17, 15) is 0 Å². The summed E-state index contributed by atoms with van der Waals surface area (Å²) in [6.45, 7) is 4.34. The van der Waals surface area contributed by atoms with Crippen LogP contribution in [0.5, 0.6) is 0 Å². The molecule has 1 fully saturated rings. The fourth-order valence-electron chi connectivity index (χ4n) is 1.66. The highest BCUT2D eigenvalue weighted by molar-refractivity contribution is 4.70. The summed E-state index contributed by atoms with van der Waals surface area (Å²) in [4.78, 5) is 2.16. The van der Waals surface area contributed by atoms with Crippen molar-refractivity contribution in [3.63, 3.8) is 0 Å². The number of hydrogen-bond donors (Lipinski definition) is 1. The Morgan fingerprint density at radius 2 is 2.20 bits per heavy atom. The molecular formula is C10H22N2O3. The van der Waals surface area contributed by atoms with Crippen LogP contribution >= 0.6 is 0 Å². The molecule has 5 heteroatoms.